The first-order valence-electron chi connectivity index (χ1n) is 7.06. The number of halogens is 4. The van der Waals surface area contributed by atoms with Crippen LogP contribution in [0.15, 0.2) is 36.5 Å². The molecular weight excluding hydrogens is 341 g/mol. The van der Waals surface area contributed by atoms with Gasteiger partial charge in [0.25, 0.3) is 0 Å². The molecule has 0 radical (unpaired) electrons. The summed E-state index contributed by atoms with van der Waals surface area (Å²) in [5, 5.41) is -0.0332. The zero-order valence-electron chi connectivity index (χ0n) is 12.1. The van der Waals surface area contributed by atoms with Crippen LogP contribution in [0.5, 0.6) is 0 Å². The van der Waals surface area contributed by atoms with Gasteiger partial charge in [0.05, 0.1) is 27.1 Å². The van der Waals surface area contributed by atoms with E-state index in [4.69, 9.17) is 17.3 Å². The molecule has 0 aliphatic heterocycles. The van der Waals surface area contributed by atoms with Crippen molar-refractivity contribution >= 4 is 39.3 Å². The van der Waals surface area contributed by atoms with E-state index in [-0.39, 0.29) is 11.6 Å². The van der Waals surface area contributed by atoms with Crippen LogP contribution in [0.25, 0.3) is 27.7 Å². The van der Waals surface area contributed by atoms with Crippen molar-refractivity contribution in [2.75, 3.05) is 0 Å². The lowest BCUT2D eigenvalue weighted by molar-refractivity contribution is -0.137. The van der Waals surface area contributed by atoms with Gasteiger partial charge in [0.1, 0.15) is 5.52 Å². The van der Waals surface area contributed by atoms with Gasteiger partial charge in [-0.3, -0.25) is 4.40 Å². The predicted octanol–water partition coefficient (Wildman–Crippen LogP) is 4.17. The average Bonchev–Trinajstić information content (AvgIpc) is 2.85. The molecule has 24 heavy (non-hydrogen) atoms. The summed E-state index contributed by atoms with van der Waals surface area (Å²) in [4.78, 5) is 8.97. The van der Waals surface area contributed by atoms with Gasteiger partial charge in [0.15, 0.2) is 5.65 Å². The molecular formula is C16H10ClF3N4. The summed E-state index contributed by atoms with van der Waals surface area (Å²) >= 11 is 6.12. The standard InChI is InChI=1S/C16H10ClF3N4/c17-10-5-8(16(18,19)20)7-24-14(10)9(6-21)13-15(24)23-12-4-2-1-3-11(12)22-13/h1-5,7H,6,21H2. The first kappa shape index (κ1) is 15.2. The van der Waals surface area contributed by atoms with E-state index in [2.05, 4.69) is 9.97 Å². The highest BCUT2D eigenvalue weighted by molar-refractivity contribution is 6.34. The average molecular weight is 351 g/mol. The molecule has 3 heterocycles. The van der Waals surface area contributed by atoms with Crippen LogP contribution in [-0.4, -0.2) is 14.4 Å². The Balaban J connectivity index is 2.22. The monoisotopic (exact) mass is 350 g/mol. The van der Waals surface area contributed by atoms with Crippen LogP contribution in [0.3, 0.4) is 0 Å². The van der Waals surface area contributed by atoms with E-state index in [1.165, 1.54) is 4.40 Å². The summed E-state index contributed by atoms with van der Waals surface area (Å²) < 4.78 is 40.6. The molecule has 0 fully saturated rings. The molecule has 4 rings (SSSR count). The molecule has 1 aromatic carbocycles. The molecule has 0 spiro atoms. The number of nitrogens with zero attached hydrogens (tertiary/aromatic N) is 3. The number of aromatic nitrogens is 3. The summed E-state index contributed by atoms with van der Waals surface area (Å²) in [6.45, 7) is 0.0884. The van der Waals surface area contributed by atoms with Gasteiger partial charge in [-0.05, 0) is 18.2 Å². The van der Waals surface area contributed by atoms with E-state index in [0.717, 1.165) is 12.3 Å². The van der Waals surface area contributed by atoms with Gasteiger partial charge >= 0.3 is 6.18 Å². The maximum atomic E-state index is 13.1. The highest BCUT2D eigenvalue weighted by Crippen LogP contribution is 2.36. The first-order valence-corrected chi connectivity index (χ1v) is 7.44. The largest absolute Gasteiger partial charge is 0.417 e. The molecule has 4 aromatic rings. The molecule has 0 aliphatic rings. The Morgan fingerprint density at radius 2 is 1.79 bits per heavy atom. The van der Waals surface area contributed by atoms with Crippen molar-refractivity contribution in [2.45, 2.75) is 12.7 Å². The zero-order valence-corrected chi connectivity index (χ0v) is 12.9. The third kappa shape index (κ3) is 2.12. The number of rotatable bonds is 1. The van der Waals surface area contributed by atoms with Crippen LogP contribution in [0.4, 0.5) is 13.2 Å². The summed E-state index contributed by atoms with van der Waals surface area (Å²) in [6, 6.07) is 8.03. The maximum absolute atomic E-state index is 13.1. The van der Waals surface area contributed by atoms with Gasteiger partial charge in [-0.1, -0.05) is 23.7 Å². The van der Waals surface area contributed by atoms with Gasteiger partial charge in [-0.15, -0.1) is 0 Å². The van der Waals surface area contributed by atoms with Crippen molar-refractivity contribution in [1.29, 1.82) is 0 Å². The molecule has 0 amide bonds. The molecule has 122 valence electrons. The van der Waals surface area contributed by atoms with Gasteiger partial charge in [0.2, 0.25) is 0 Å². The molecule has 0 saturated carbocycles. The normalized spacial score (nSPS) is 12.5. The summed E-state index contributed by atoms with van der Waals surface area (Å²) in [7, 11) is 0. The van der Waals surface area contributed by atoms with Crippen LogP contribution in [0, 0.1) is 0 Å². The van der Waals surface area contributed by atoms with E-state index < -0.39 is 11.7 Å². The van der Waals surface area contributed by atoms with Gasteiger partial charge in [-0.2, -0.15) is 13.2 Å². The smallest absolute Gasteiger partial charge is 0.326 e. The quantitative estimate of drug-likeness (QED) is 0.560. The number of para-hydroxylation sites is 2. The minimum atomic E-state index is -4.51. The summed E-state index contributed by atoms with van der Waals surface area (Å²) in [5.74, 6) is 0. The minimum absolute atomic E-state index is 0.0332. The Bertz CT molecular complexity index is 1100. The van der Waals surface area contributed by atoms with Gasteiger partial charge in [0, 0.05) is 18.3 Å². The van der Waals surface area contributed by atoms with E-state index in [1.807, 2.05) is 6.07 Å². The van der Waals surface area contributed by atoms with Crippen LogP contribution < -0.4 is 5.73 Å². The zero-order chi connectivity index (χ0) is 17.1. The second kappa shape index (κ2) is 5.06. The lowest BCUT2D eigenvalue weighted by Crippen LogP contribution is -2.07. The van der Waals surface area contributed by atoms with Gasteiger partial charge < -0.3 is 5.73 Å². The van der Waals surface area contributed by atoms with Crippen molar-refractivity contribution in [1.82, 2.24) is 14.4 Å². The third-order valence-electron chi connectivity index (χ3n) is 3.90. The van der Waals surface area contributed by atoms with Crippen molar-refractivity contribution in [2.24, 2.45) is 5.73 Å². The highest BCUT2D eigenvalue weighted by atomic mass is 35.5. The molecule has 0 saturated heterocycles. The molecule has 0 aliphatic carbocycles. The third-order valence-corrected chi connectivity index (χ3v) is 4.19. The van der Waals surface area contributed by atoms with Crippen LogP contribution in [0.2, 0.25) is 5.02 Å². The van der Waals surface area contributed by atoms with Crippen LogP contribution >= 0.6 is 11.6 Å². The second-order valence-electron chi connectivity index (χ2n) is 5.36. The maximum Gasteiger partial charge on any atom is 0.417 e. The van der Waals surface area contributed by atoms with E-state index in [1.54, 1.807) is 18.2 Å². The number of pyridine rings is 1. The van der Waals surface area contributed by atoms with Gasteiger partial charge in [-0.25, -0.2) is 9.97 Å². The Morgan fingerprint density at radius 1 is 1.12 bits per heavy atom. The Labute approximate surface area is 138 Å². The Kier molecular flexibility index (Phi) is 3.20. The fourth-order valence-electron chi connectivity index (χ4n) is 2.84. The SMILES string of the molecule is NCc1c2nc3ccccc3nc2n2cc(C(F)(F)F)cc(Cl)c12. The topological polar surface area (TPSA) is 56.2 Å². The van der Waals surface area contributed by atoms with Crippen molar-refractivity contribution in [3.63, 3.8) is 0 Å². The minimum Gasteiger partial charge on any atom is -0.326 e. The predicted molar refractivity (Wildman–Crippen MR) is 85.9 cm³/mol. The van der Waals surface area contributed by atoms with Crippen LogP contribution in [-0.2, 0) is 12.7 Å². The molecule has 0 unspecified atom stereocenters. The lowest BCUT2D eigenvalue weighted by atomic mass is 10.2. The number of fused-ring (bicyclic) bond motifs is 4. The first-order chi connectivity index (χ1) is 11.4. The number of nitrogens with two attached hydrogens (primary N) is 1. The van der Waals surface area contributed by atoms with E-state index in [9.17, 15) is 13.2 Å². The van der Waals surface area contributed by atoms with Crippen LogP contribution in [0.1, 0.15) is 11.1 Å². The second-order valence-corrected chi connectivity index (χ2v) is 5.77. The fraction of sp³-hybridized carbons (Fsp3) is 0.125. The number of hydrogen-bond acceptors (Lipinski definition) is 3. The summed E-state index contributed by atoms with van der Waals surface area (Å²) in [6.07, 6.45) is -3.53. The molecule has 4 nitrogen and oxygen atoms in total. The lowest BCUT2D eigenvalue weighted by Gasteiger charge is -2.09. The molecule has 3 aromatic heterocycles. The Morgan fingerprint density at radius 3 is 2.42 bits per heavy atom. The Hall–Kier alpha value is -2.38. The molecule has 8 heteroatoms. The number of benzene rings is 1. The van der Waals surface area contributed by atoms with Crippen molar-refractivity contribution in [3.8, 4) is 0 Å². The fourth-order valence-corrected chi connectivity index (χ4v) is 3.16. The van der Waals surface area contributed by atoms with Crippen molar-refractivity contribution in [3.05, 3.63) is 52.7 Å². The molecule has 0 atom stereocenters. The summed E-state index contributed by atoms with van der Waals surface area (Å²) in [5.41, 5.74) is 7.91. The van der Waals surface area contributed by atoms with Crippen molar-refractivity contribution < 1.29 is 13.2 Å². The number of alkyl halides is 3. The number of hydrogen-bond donors (Lipinski definition) is 1. The highest BCUT2D eigenvalue weighted by Gasteiger charge is 2.32. The molecule has 0 bridgehead atoms. The molecule has 2 N–H and O–H groups in total. The van der Waals surface area contributed by atoms with E-state index in [0.29, 0.717) is 33.3 Å². The van der Waals surface area contributed by atoms with E-state index >= 15 is 0 Å².